The number of alkyl carbamates (subject to hydrolysis) is 1. The highest BCUT2D eigenvalue weighted by Gasteiger charge is 2.35. The van der Waals surface area contributed by atoms with E-state index in [9.17, 15) is 19.5 Å². The molecule has 38 heavy (non-hydrogen) atoms. The second-order valence-corrected chi connectivity index (χ2v) is 11.7. The van der Waals surface area contributed by atoms with Gasteiger partial charge in [-0.25, -0.2) is 4.79 Å². The number of carbonyl (C=O) groups is 3. The van der Waals surface area contributed by atoms with Crippen LogP contribution in [0.15, 0.2) is 24.3 Å². The van der Waals surface area contributed by atoms with Crippen LogP contribution >= 0.6 is 12.4 Å². The van der Waals surface area contributed by atoms with E-state index in [-0.39, 0.29) is 43.2 Å². The van der Waals surface area contributed by atoms with E-state index < -0.39 is 35.2 Å². The summed E-state index contributed by atoms with van der Waals surface area (Å²) in [5.41, 5.74) is 7.15. The Kier molecular flexibility index (Phi) is 12.5. The molecule has 0 aromatic heterocycles. The van der Waals surface area contributed by atoms with E-state index in [0.29, 0.717) is 19.4 Å². The summed E-state index contributed by atoms with van der Waals surface area (Å²) >= 11 is 0. The van der Waals surface area contributed by atoms with E-state index in [1.54, 1.807) is 4.90 Å². The Hall–Kier alpha value is -2.40. The van der Waals surface area contributed by atoms with Crippen molar-refractivity contribution in [1.82, 2.24) is 10.6 Å². The predicted octanol–water partition coefficient (Wildman–Crippen LogP) is 2.39. The lowest BCUT2D eigenvalue weighted by Gasteiger charge is -2.37. The number of carbonyl (C=O) groups excluding carboxylic acids is 3. The first-order valence-corrected chi connectivity index (χ1v) is 12.7. The first-order chi connectivity index (χ1) is 17.2. The summed E-state index contributed by atoms with van der Waals surface area (Å²) in [6, 6.07) is 6.71. The molecule has 2 rings (SSSR count). The quantitative estimate of drug-likeness (QED) is 0.346. The topological polar surface area (TPSA) is 143 Å². The Balaban J connectivity index is 0.00000722. The van der Waals surface area contributed by atoms with Crippen LogP contribution in [-0.2, 0) is 25.5 Å². The van der Waals surface area contributed by atoms with Crippen molar-refractivity contribution >= 4 is 36.0 Å². The van der Waals surface area contributed by atoms with Crippen LogP contribution in [0.25, 0.3) is 0 Å². The second kappa shape index (κ2) is 14.1. The summed E-state index contributed by atoms with van der Waals surface area (Å²) in [4.78, 5) is 39.4. The summed E-state index contributed by atoms with van der Waals surface area (Å²) < 4.78 is 10.0. The number of nitrogens with two attached hydrogens (primary N) is 1. The molecule has 4 atom stereocenters. The zero-order valence-electron chi connectivity index (χ0n) is 23.6. The third-order valence-corrected chi connectivity index (χ3v) is 6.62. The smallest absolute Gasteiger partial charge is 0.407 e. The van der Waals surface area contributed by atoms with Gasteiger partial charge in [-0.1, -0.05) is 52.8 Å². The molecule has 1 aliphatic heterocycles. The summed E-state index contributed by atoms with van der Waals surface area (Å²) in [6.07, 6.45) is -1.03. The Bertz CT molecular complexity index is 952. The van der Waals surface area contributed by atoms with Crippen molar-refractivity contribution in [2.45, 2.75) is 78.2 Å². The van der Waals surface area contributed by atoms with Gasteiger partial charge in [0, 0.05) is 38.3 Å². The molecule has 0 aliphatic carbocycles. The van der Waals surface area contributed by atoms with Crippen molar-refractivity contribution in [3.8, 4) is 0 Å². The Morgan fingerprint density at radius 3 is 2.37 bits per heavy atom. The van der Waals surface area contributed by atoms with Gasteiger partial charge >= 0.3 is 6.09 Å². The van der Waals surface area contributed by atoms with Crippen molar-refractivity contribution in [2.24, 2.45) is 16.6 Å². The molecule has 0 radical (unpaired) electrons. The molecular formula is C27H45ClN4O6. The number of aliphatic hydroxyl groups excluding tert-OH is 1. The average molecular weight is 557 g/mol. The number of aliphatic hydroxyl groups is 1. The Labute approximate surface area is 232 Å². The number of para-hydroxylation sites is 1. The van der Waals surface area contributed by atoms with E-state index in [0.717, 1.165) is 11.3 Å². The lowest BCUT2D eigenvalue weighted by molar-refractivity contribution is -0.137. The molecule has 1 unspecified atom stereocenters. The van der Waals surface area contributed by atoms with Crippen molar-refractivity contribution in [3.05, 3.63) is 29.8 Å². The number of nitrogens with one attached hydrogen (secondary N) is 2. The van der Waals surface area contributed by atoms with Gasteiger partial charge in [0.2, 0.25) is 11.8 Å². The minimum Gasteiger partial charge on any atom is -0.453 e. The Morgan fingerprint density at radius 1 is 1.16 bits per heavy atom. The minimum absolute atomic E-state index is 0. The molecule has 11 heteroatoms. The fourth-order valence-corrected chi connectivity index (χ4v) is 4.81. The normalized spacial score (nSPS) is 17.8. The van der Waals surface area contributed by atoms with Crippen LogP contribution in [0.4, 0.5) is 10.5 Å². The zero-order valence-corrected chi connectivity index (χ0v) is 24.4. The number of ether oxygens (including phenoxy) is 2. The van der Waals surface area contributed by atoms with Gasteiger partial charge < -0.3 is 35.8 Å². The minimum atomic E-state index is -0.986. The van der Waals surface area contributed by atoms with Gasteiger partial charge in [0.25, 0.3) is 0 Å². The maximum Gasteiger partial charge on any atom is 0.407 e. The van der Waals surface area contributed by atoms with Gasteiger partial charge in [-0.2, -0.15) is 0 Å². The molecule has 1 aromatic rings. The zero-order chi connectivity index (χ0) is 28.0. The molecule has 0 spiro atoms. The molecule has 0 saturated heterocycles. The highest BCUT2D eigenvalue weighted by Crippen LogP contribution is 2.32. The number of rotatable bonds is 10. The predicted molar refractivity (Wildman–Crippen MR) is 149 cm³/mol. The Morgan fingerprint density at radius 2 is 1.79 bits per heavy atom. The molecule has 3 amide bonds. The highest BCUT2D eigenvalue weighted by molar-refractivity contribution is 5.95. The molecular weight excluding hydrogens is 512 g/mol. The summed E-state index contributed by atoms with van der Waals surface area (Å²) in [7, 11) is 2.78. The molecule has 1 aromatic carbocycles. The fourth-order valence-electron chi connectivity index (χ4n) is 4.81. The fraction of sp³-hybridized carbons (Fsp3) is 0.667. The molecule has 0 fully saturated rings. The molecule has 0 bridgehead atoms. The molecule has 1 heterocycles. The number of hydrogen-bond acceptors (Lipinski definition) is 7. The van der Waals surface area contributed by atoms with E-state index in [1.807, 2.05) is 58.9 Å². The standard InChI is InChI=1S/C27H44N4O6.ClH/c1-26(2,3)23(36-6)24(34)29-15-21(32)19(28)13-27(4,5)14-22(33)31-16-18(30-25(35)37-7)12-17-10-8-9-11-20(17)31;/h8-11,18-19,21,23,32H,12-16,28H2,1-7H3,(H,29,34)(H,30,35);1H/t18?,19-,21-,23-;/m0./s1. The number of hydrogen-bond donors (Lipinski definition) is 4. The monoisotopic (exact) mass is 556 g/mol. The van der Waals surface area contributed by atoms with E-state index in [2.05, 4.69) is 10.6 Å². The van der Waals surface area contributed by atoms with Crippen LogP contribution in [0.5, 0.6) is 0 Å². The first kappa shape index (κ1) is 33.6. The molecule has 5 N–H and O–H groups in total. The number of methoxy groups -OCH3 is 2. The largest absolute Gasteiger partial charge is 0.453 e. The average Bonchev–Trinajstić information content (AvgIpc) is 2.80. The van der Waals surface area contributed by atoms with Crippen molar-refractivity contribution < 1.29 is 29.0 Å². The number of anilines is 1. The van der Waals surface area contributed by atoms with E-state index in [1.165, 1.54) is 14.2 Å². The van der Waals surface area contributed by atoms with Crippen molar-refractivity contribution in [2.75, 3.05) is 32.2 Å². The lowest BCUT2D eigenvalue weighted by Crippen LogP contribution is -2.51. The lowest BCUT2D eigenvalue weighted by atomic mass is 9.80. The van der Waals surface area contributed by atoms with Crippen LogP contribution in [0, 0.1) is 10.8 Å². The molecule has 0 saturated carbocycles. The maximum absolute atomic E-state index is 13.5. The number of nitrogens with zero attached hydrogens (tertiary/aromatic N) is 1. The third kappa shape index (κ3) is 9.41. The van der Waals surface area contributed by atoms with Gasteiger partial charge in [-0.3, -0.25) is 9.59 Å². The van der Waals surface area contributed by atoms with E-state index >= 15 is 0 Å². The summed E-state index contributed by atoms with van der Waals surface area (Å²) in [5, 5.41) is 16.1. The van der Waals surface area contributed by atoms with Crippen molar-refractivity contribution in [1.29, 1.82) is 0 Å². The van der Waals surface area contributed by atoms with Crippen LogP contribution in [0.3, 0.4) is 0 Å². The van der Waals surface area contributed by atoms with E-state index in [4.69, 9.17) is 15.2 Å². The van der Waals surface area contributed by atoms with Gasteiger partial charge in [-0.05, 0) is 35.3 Å². The van der Waals surface area contributed by atoms with Crippen LogP contribution in [0.2, 0.25) is 0 Å². The number of amides is 3. The van der Waals surface area contributed by atoms with Gasteiger partial charge in [0.05, 0.1) is 19.3 Å². The number of benzene rings is 1. The summed E-state index contributed by atoms with van der Waals surface area (Å²) in [5.74, 6) is -0.411. The van der Waals surface area contributed by atoms with Crippen LogP contribution in [0.1, 0.15) is 53.0 Å². The third-order valence-electron chi connectivity index (χ3n) is 6.62. The second-order valence-electron chi connectivity index (χ2n) is 11.7. The highest BCUT2D eigenvalue weighted by atomic mass is 35.5. The van der Waals surface area contributed by atoms with Crippen LogP contribution in [-0.4, -0.2) is 74.6 Å². The van der Waals surface area contributed by atoms with Gasteiger partial charge in [0.15, 0.2) is 0 Å². The molecule has 216 valence electrons. The maximum atomic E-state index is 13.5. The van der Waals surface area contributed by atoms with Crippen molar-refractivity contribution in [3.63, 3.8) is 0 Å². The molecule has 10 nitrogen and oxygen atoms in total. The molecule has 1 aliphatic rings. The van der Waals surface area contributed by atoms with Gasteiger partial charge in [0.1, 0.15) is 6.10 Å². The van der Waals surface area contributed by atoms with Crippen LogP contribution < -0.4 is 21.3 Å². The number of fused-ring (bicyclic) bond motifs is 1. The SMILES string of the molecule is COC(=O)NC1Cc2ccccc2N(C(=O)CC(C)(C)C[C@H](N)[C@@H](O)CNC(=O)[C@H](OC)C(C)(C)C)C1.Cl. The number of halogens is 1. The van der Waals surface area contributed by atoms with Gasteiger partial charge in [-0.15, -0.1) is 12.4 Å². The summed E-state index contributed by atoms with van der Waals surface area (Å²) in [6.45, 7) is 9.87. The first-order valence-electron chi connectivity index (χ1n) is 12.7.